The lowest BCUT2D eigenvalue weighted by Gasteiger charge is -2.34. The zero-order valence-corrected chi connectivity index (χ0v) is 18.1. The fraction of sp³-hybridized carbons (Fsp3) is 0.500. The first-order valence-electron chi connectivity index (χ1n) is 9.71. The van der Waals surface area contributed by atoms with Gasteiger partial charge in [-0.25, -0.2) is 9.97 Å². The first-order valence-corrected chi connectivity index (χ1v) is 10.1. The highest BCUT2D eigenvalue weighted by molar-refractivity contribution is 6.28. The molecule has 1 amide bonds. The number of carbonyl (C=O) groups is 1. The average molecular weight is 401 g/mol. The standard InChI is InChI=1S/C22H29ClN4O/c1-21(2,3)14-22(4,5)26-18-12-17(24-20(23)25-18)19(28)27-11-10-15-8-6-7-9-16(15)13-27/h6-9,12H,10-11,13-14H2,1-5H3,(H,24,25,26). The maximum atomic E-state index is 13.1. The van der Waals surface area contributed by atoms with E-state index in [9.17, 15) is 4.79 Å². The van der Waals surface area contributed by atoms with E-state index in [0.29, 0.717) is 24.6 Å². The zero-order valence-electron chi connectivity index (χ0n) is 17.3. The van der Waals surface area contributed by atoms with Crippen LogP contribution in [-0.4, -0.2) is 32.9 Å². The Morgan fingerprint density at radius 2 is 1.82 bits per heavy atom. The molecule has 0 spiro atoms. The topological polar surface area (TPSA) is 58.1 Å². The number of hydrogen-bond acceptors (Lipinski definition) is 4. The number of nitrogens with zero attached hydrogens (tertiary/aromatic N) is 3. The van der Waals surface area contributed by atoms with Crippen molar-refractivity contribution in [3.05, 3.63) is 52.4 Å². The van der Waals surface area contributed by atoms with Crippen LogP contribution in [0.25, 0.3) is 0 Å². The molecule has 0 unspecified atom stereocenters. The molecule has 1 aromatic heterocycles. The van der Waals surface area contributed by atoms with Gasteiger partial charge in [-0.2, -0.15) is 0 Å². The largest absolute Gasteiger partial charge is 0.365 e. The highest BCUT2D eigenvalue weighted by atomic mass is 35.5. The van der Waals surface area contributed by atoms with Gasteiger partial charge in [-0.3, -0.25) is 4.79 Å². The molecule has 0 radical (unpaired) electrons. The summed E-state index contributed by atoms with van der Waals surface area (Å²) < 4.78 is 0. The summed E-state index contributed by atoms with van der Waals surface area (Å²) in [6, 6.07) is 9.95. The van der Waals surface area contributed by atoms with Crippen LogP contribution in [0.15, 0.2) is 30.3 Å². The molecule has 150 valence electrons. The second-order valence-corrected chi connectivity index (χ2v) is 9.74. The predicted octanol–water partition coefficient (Wildman–Crippen LogP) is 4.96. The normalized spacial score (nSPS) is 14.6. The molecule has 28 heavy (non-hydrogen) atoms. The van der Waals surface area contributed by atoms with Crippen LogP contribution in [-0.2, 0) is 13.0 Å². The molecule has 0 bridgehead atoms. The van der Waals surface area contributed by atoms with Crippen molar-refractivity contribution in [2.45, 2.75) is 59.5 Å². The molecule has 1 aromatic carbocycles. The molecule has 2 aromatic rings. The van der Waals surface area contributed by atoms with E-state index in [1.165, 1.54) is 11.1 Å². The third-order valence-electron chi connectivity index (χ3n) is 4.77. The first kappa shape index (κ1) is 20.6. The van der Waals surface area contributed by atoms with E-state index in [2.05, 4.69) is 62.0 Å². The number of amides is 1. The molecule has 1 aliphatic heterocycles. The third kappa shape index (κ3) is 5.22. The lowest BCUT2D eigenvalue weighted by Crippen LogP contribution is -2.37. The lowest BCUT2D eigenvalue weighted by atomic mass is 9.82. The van der Waals surface area contributed by atoms with E-state index in [0.717, 1.165) is 12.8 Å². The molecule has 6 heteroatoms. The predicted molar refractivity (Wildman–Crippen MR) is 114 cm³/mol. The highest BCUT2D eigenvalue weighted by Gasteiger charge is 2.27. The minimum absolute atomic E-state index is 0.0809. The fourth-order valence-corrected chi connectivity index (χ4v) is 4.32. The van der Waals surface area contributed by atoms with Crippen molar-refractivity contribution in [1.29, 1.82) is 0 Å². The Balaban J connectivity index is 1.79. The van der Waals surface area contributed by atoms with Crippen molar-refractivity contribution < 1.29 is 4.79 Å². The quantitative estimate of drug-likeness (QED) is 0.737. The summed E-state index contributed by atoms with van der Waals surface area (Å²) in [5.41, 5.74) is 2.78. The summed E-state index contributed by atoms with van der Waals surface area (Å²) in [7, 11) is 0. The van der Waals surface area contributed by atoms with Gasteiger partial charge in [0.05, 0.1) is 0 Å². The molecule has 0 saturated heterocycles. The highest BCUT2D eigenvalue weighted by Crippen LogP contribution is 2.30. The minimum Gasteiger partial charge on any atom is -0.365 e. The van der Waals surface area contributed by atoms with Gasteiger partial charge in [0.1, 0.15) is 11.5 Å². The van der Waals surface area contributed by atoms with Crippen LogP contribution < -0.4 is 5.32 Å². The van der Waals surface area contributed by atoms with Crippen molar-refractivity contribution in [1.82, 2.24) is 14.9 Å². The van der Waals surface area contributed by atoms with Crippen LogP contribution in [0.4, 0.5) is 5.82 Å². The number of rotatable bonds is 4. The second-order valence-electron chi connectivity index (χ2n) is 9.40. The Bertz CT molecular complexity index is 873. The Kier molecular flexibility index (Phi) is 5.67. The van der Waals surface area contributed by atoms with Gasteiger partial charge in [0.25, 0.3) is 5.91 Å². The first-order chi connectivity index (χ1) is 13.0. The summed E-state index contributed by atoms with van der Waals surface area (Å²) in [4.78, 5) is 23.4. The van der Waals surface area contributed by atoms with Gasteiger partial charge in [0, 0.05) is 24.7 Å². The molecule has 0 fully saturated rings. The van der Waals surface area contributed by atoms with Gasteiger partial charge >= 0.3 is 0 Å². The second kappa shape index (κ2) is 7.70. The van der Waals surface area contributed by atoms with E-state index in [1.54, 1.807) is 6.07 Å². The maximum absolute atomic E-state index is 13.1. The van der Waals surface area contributed by atoms with E-state index in [4.69, 9.17) is 11.6 Å². The molecule has 3 rings (SSSR count). The van der Waals surface area contributed by atoms with Crippen molar-refractivity contribution in [2.75, 3.05) is 11.9 Å². The number of halogens is 1. The van der Waals surface area contributed by atoms with E-state index < -0.39 is 0 Å². The minimum atomic E-state index is -0.194. The number of hydrogen-bond donors (Lipinski definition) is 1. The van der Waals surface area contributed by atoms with E-state index in [1.807, 2.05) is 17.0 Å². The van der Waals surface area contributed by atoms with Crippen molar-refractivity contribution >= 4 is 23.3 Å². The van der Waals surface area contributed by atoms with Gasteiger partial charge in [-0.05, 0) is 54.8 Å². The zero-order chi connectivity index (χ0) is 20.5. The van der Waals surface area contributed by atoms with E-state index in [-0.39, 0.29) is 22.1 Å². The molecule has 0 saturated carbocycles. The summed E-state index contributed by atoms with van der Waals surface area (Å²) in [6.07, 6.45) is 1.79. The summed E-state index contributed by atoms with van der Waals surface area (Å²) >= 11 is 6.14. The van der Waals surface area contributed by atoms with Crippen molar-refractivity contribution in [2.24, 2.45) is 5.41 Å². The fourth-order valence-electron chi connectivity index (χ4n) is 4.14. The van der Waals surface area contributed by atoms with Crippen LogP contribution in [0.2, 0.25) is 5.28 Å². The van der Waals surface area contributed by atoms with E-state index >= 15 is 0 Å². The van der Waals surface area contributed by atoms with Crippen LogP contribution in [0.1, 0.15) is 62.7 Å². The number of nitrogens with one attached hydrogen (secondary N) is 1. The van der Waals surface area contributed by atoms with Crippen LogP contribution in [0.5, 0.6) is 0 Å². The lowest BCUT2D eigenvalue weighted by molar-refractivity contribution is 0.0728. The average Bonchev–Trinajstić information content (AvgIpc) is 2.57. The number of anilines is 1. The van der Waals surface area contributed by atoms with Crippen molar-refractivity contribution in [3.8, 4) is 0 Å². The Morgan fingerprint density at radius 1 is 1.14 bits per heavy atom. The van der Waals surface area contributed by atoms with Crippen LogP contribution in [0, 0.1) is 5.41 Å². The third-order valence-corrected chi connectivity index (χ3v) is 4.94. The molecular weight excluding hydrogens is 372 g/mol. The van der Waals surface area contributed by atoms with Crippen LogP contribution >= 0.6 is 11.6 Å². The summed E-state index contributed by atoms with van der Waals surface area (Å²) in [5.74, 6) is 0.463. The summed E-state index contributed by atoms with van der Waals surface area (Å²) in [6.45, 7) is 12.1. The maximum Gasteiger partial charge on any atom is 0.273 e. The molecule has 1 N–H and O–H groups in total. The SMILES string of the molecule is CC(C)(C)CC(C)(C)Nc1cc(C(=O)N2CCc3ccccc3C2)nc(Cl)n1. The molecule has 0 aliphatic carbocycles. The number of benzene rings is 1. The monoisotopic (exact) mass is 400 g/mol. The summed E-state index contributed by atoms with van der Waals surface area (Å²) in [5, 5.41) is 3.50. The Labute approximate surface area is 172 Å². The van der Waals surface area contributed by atoms with Gasteiger partial charge in [0.2, 0.25) is 5.28 Å². The smallest absolute Gasteiger partial charge is 0.273 e. The molecule has 1 aliphatic rings. The van der Waals surface area contributed by atoms with Gasteiger partial charge in [-0.1, -0.05) is 45.0 Å². The number of aromatic nitrogens is 2. The number of fused-ring (bicyclic) bond motifs is 1. The molecule has 0 atom stereocenters. The van der Waals surface area contributed by atoms with Crippen LogP contribution in [0.3, 0.4) is 0 Å². The van der Waals surface area contributed by atoms with Gasteiger partial charge in [0.15, 0.2) is 0 Å². The molecule has 5 nitrogen and oxygen atoms in total. The Morgan fingerprint density at radius 3 is 2.50 bits per heavy atom. The Hall–Kier alpha value is -2.14. The van der Waals surface area contributed by atoms with Crippen molar-refractivity contribution in [3.63, 3.8) is 0 Å². The van der Waals surface area contributed by atoms with Gasteiger partial charge in [-0.15, -0.1) is 0 Å². The number of carbonyl (C=O) groups excluding carboxylic acids is 1. The molecular formula is C22H29ClN4O. The van der Waals surface area contributed by atoms with Gasteiger partial charge < -0.3 is 10.2 Å². The molecule has 2 heterocycles.